The summed E-state index contributed by atoms with van der Waals surface area (Å²) in [6, 6.07) is 6.93. The van der Waals surface area contributed by atoms with Gasteiger partial charge < -0.3 is 14.4 Å². The first-order chi connectivity index (χ1) is 12.0. The minimum absolute atomic E-state index is 0.145. The predicted molar refractivity (Wildman–Crippen MR) is 86.9 cm³/mol. The summed E-state index contributed by atoms with van der Waals surface area (Å²) < 4.78 is 37.8. The molecular formula is C19H17F2NO3. The number of carbonyl (C=O) groups is 1. The average Bonchev–Trinajstić information content (AvgIpc) is 2.62. The van der Waals surface area contributed by atoms with Gasteiger partial charge in [-0.1, -0.05) is 0 Å². The number of benzene rings is 2. The summed E-state index contributed by atoms with van der Waals surface area (Å²) >= 11 is 0. The van der Waals surface area contributed by atoms with Crippen LogP contribution in [0.3, 0.4) is 0 Å². The highest BCUT2D eigenvalue weighted by Gasteiger charge is 2.30. The number of fused-ring (bicyclic) bond motifs is 2. The number of ether oxygens (including phenoxy) is 2. The van der Waals surface area contributed by atoms with E-state index >= 15 is 0 Å². The van der Waals surface area contributed by atoms with Crippen LogP contribution >= 0.6 is 0 Å². The Balaban J connectivity index is 1.65. The molecule has 0 bridgehead atoms. The van der Waals surface area contributed by atoms with Gasteiger partial charge in [0.15, 0.2) is 23.1 Å². The van der Waals surface area contributed by atoms with E-state index in [2.05, 4.69) is 0 Å². The molecule has 0 aliphatic carbocycles. The third-order valence-electron chi connectivity index (χ3n) is 4.77. The normalized spacial score (nSPS) is 18.7. The Morgan fingerprint density at radius 1 is 1.08 bits per heavy atom. The number of carbonyl (C=O) groups excluding carboxylic acids is 1. The lowest BCUT2D eigenvalue weighted by Gasteiger charge is -2.36. The van der Waals surface area contributed by atoms with Crippen LogP contribution in [0.15, 0.2) is 30.3 Å². The zero-order valence-electron chi connectivity index (χ0n) is 13.7. The van der Waals surface area contributed by atoms with E-state index in [-0.39, 0.29) is 17.5 Å². The fraction of sp³-hybridized carbons (Fsp3) is 0.316. The van der Waals surface area contributed by atoms with Gasteiger partial charge in [0, 0.05) is 12.1 Å². The Morgan fingerprint density at radius 3 is 2.52 bits per heavy atom. The number of rotatable bonds is 1. The van der Waals surface area contributed by atoms with Gasteiger partial charge in [-0.2, -0.15) is 0 Å². The third-order valence-corrected chi connectivity index (χ3v) is 4.77. The van der Waals surface area contributed by atoms with E-state index in [4.69, 9.17) is 9.47 Å². The van der Waals surface area contributed by atoms with E-state index in [0.717, 1.165) is 29.0 Å². The van der Waals surface area contributed by atoms with Crippen LogP contribution in [0.2, 0.25) is 0 Å². The van der Waals surface area contributed by atoms with Crippen molar-refractivity contribution < 1.29 is 23.0 Å². The number of hydrogen-bond donors (Lipinski definition) is 0. The lowest BCUT2D eigenvalue weighted by Crippen LogP contribution is -2.39. The van der Waals surface area contributed by atoms with Gasteiger partial charge in [0.2, 0.25) is 0 Å². The molecule has 0 aromatic heterocycles. The quantitative estimate of drug-likeness (QED) is 0.794. The molecule has 0 saturated carbocycles. The molecule has 4 rings (SSSR count). The summed E-state index contributed by atoms with van der Waals surface area (Å²) in [5.74, 6) is -0.878. The van der Waals surface area contributed by atoms with Crippen molar-refractivity contribution in [3.63, 3.8) is 0 Å². The molecule has 2 aliphatic rings. The second kappa shape index (κ2) is 6.02. The van der Waals surface area contributed by atoms with Gasteiger partial charge in [0.05, 0.1) is 6.04 Å². The van der Waals surface area contributed by atoms with Gasteiger partial charge in [-0.15, -0.1) is 0 Å². The van der Waals surface area contributed by atoms with Crippen LogP contribution in [-0.2, 0) is 6.42 Å². The molecule has 2 aromatic carbocycles. The predicted octanol–water partition coefficient (Wildman–Crippen LogP) is 3.50. The summed E-state index contributed by atoms with van der Waals surface area (Å²) in [5.41, 5.74) is 2.25. The maximum absolute atomic E-state index is 13.5. The molecule has 1 amide bonds. The Morgan fingerprint density at radius 2 is 1.80 bits per heavy atom. The van der Waals surface area contributed by atoms with Crippen molar-refractivity contribution in [3.8, 4) is 11.5 Å². The van der Waals surface area contributed by atoms with Crippen LogP contribution in [0.4, 0.5) is 8.78 Å². The third kappa shape index (κ3) is 2.71. The Hall–Kier alpha value is -2.63. The van der Waals surface area contributed by atoms with Crippen molar-refractivity contribution in [2.75, 3.05) is 19.8 Å². The van der Waals surface area contributed by atoms with E-state index < -0.39 is 11.6 Å². The number of amides is 1. The first-order valence-electron chi connectivity index (χ1n) is 8.23. The van der Waals surface area contributed by atoms with Crippen LogP contribution in [0.25, 0.3) is 0 Å². The molecule has 4 nitrogen and oxygen atoms in total. The molecule has 0 fully saturated rings. The topological polar surface area (TPSA) is 38.8 Å². The molecule has 0 spiro atoms. The molecule has 1 atom stereocenters. The molecule has 0 saturated heterocycles. The zero-order valence-corrected chi connectivity index (χ0v) is 13.7. The number of hydrogen-bond acceptors (Lipinski definition) is 3. The fourth-order valence-electron chi connectivity index (χ4n) is 3.43. The highest BCUT2D eigenvalue weighted by atomic mass is 19.2. The lowest BCUT2D eigenvalue weighted by atomic mass is 9.92. The Kier molecular flexibility index (Phi) is 3.82. The van der Waals surface area contributed by atoms with Crippen molar-refractivity contribution in [2.24, 2.45) is 0 Å². The van der Waals surface area contributed by atoms with Crippen LogP contribution in [-0.4, -0.2) is 30.6 Å². The molecule has 25 heavy (non-hydrogen) atoms. The average molecular weight is 345 g/mol. The minimum atomic E-state index is -1.02. The van der Waals surface area contributed by atoms with Crippen LogP contribution in [0.1, 0.15) is 34.5 Å². The van der Waals surface area contributed by atoms with E-state index in [0.29, 0.717) is 31.9 Å². The van der Waals surface area contributed by atoms with E-state index in [1.807, 2.05) is 19.1 Å². The van der Waals surface area contributed by atoms with Crippen molar-refractivity contribution in [1.82, 2.24) is 4.90 Å². The second-order valence-corrected chi connectivity index (χ2v) is 6.25. The molecule has 2 aromatic rings. The summed E-state index contributed by atoms with van der Waals surface area (Å²) in [6.45, 7) is 3.46. The first kappa shape index (κ1) is 15.9. The zero-order chi connectivity index (χ0) is 17.6. The molecule has 1 unspecified atom stereocenters. The minimum Gasteiger partial charge on any atom is -0.486 e. The van der Waals surface area contributed by atoms with Crippen molar-refractivity contribution in [1.29, 1.82) is 0 Å². The molecule has 0 N–H and O–H groups in total. The van der Waals surface area contributed by atoms with Crippen LogP contribution in [0.5, 0.6) is 11.5 Å². The Bertz CT molecular complexity index is 853. The SMILES string of the molecule is CC1c2cc3c(cc2CCN1C(=O)c1ccc(F)c(F)c1)OCCO3. The van der Waals surface area contributed by atoms with Crippen molar-refractivity contribution in [3.05, 3.63) is 58.7 Å². The summed E-state index contributed by atoms with van der Waals surface area (Å²) in [4.78, 5) is 14.4. The number of nitrogens with zero attached hydrogens (tertiary/aromatic N) is 1. The molecule has 2 aliphatic heterocycles. The van der Waals surface area contributed by atoms with Gasteiger partial charge >= 0.3 is 0 Å². The van der Waals surface area contributed by atoms with Gasteiger partial charge in [-0.25, -0.2) is 8.78 Å². The van der Waals surface area contributed by atoms with Crippen LogP contribution < -0.4 is 9.47 Å². The van der Waals surface area contributed by atoms with E-state index in [9.17, 15) is 13.6 Å². The highest BCUT2D eigenvalue weighted by Crippen LogP contribution is 2.39. The molecule has 6 heteroatoms. The van der Waals surface area contributed by atoms with Crippen LogP contribution in [0, 0.1) is 11.6 Å². The lowest BCUT2D eigenvalue weighted by molar-refractivity contribution is 0.0676. The molecular weight excluding hydrogens is 328 g/mol. The summed E-state index contributed by atoms with van der Waals surface area (Å²) in [7, 11) is 0. The molecule has 130 valence electrons. The Labute approximate surface area is 144 Å². The maximum atomic E-state index is 13.5. The standard InChI is InChI=1S/C19H17F2NO3/c1-11-14-10-18-17(24-6-7-25-18)9-12(14)4-5-22(11)19(23)13-2-3-15(20)16(21)8-13/h2-3,8-11H,4-7H2,1H3. The van der Waals surface area contributed by atoms with Gasteiger partial charge in [-0.3, -0.25) is 4.79 Å². The largest absolute Gasteiger partial charge is 0.486 e. The summed E-state index contributed by atoms with van der Waals surface area (Å²) in [6.07, 6.45) is 0.672. The van der Waals surface area contributed by atoms with Gasteiger partial charge in [0.1, 0.15) is 13.2 Å². The fourth-order valence-corrected chi connectivity index (χ4v) is 3.43. The monoisotopic (exact) mass is 345 g/mol. The van der Waals surface area contributed by atoms with Crippen molar-refractivity contribution >= 4 is 5.91 Å². The first-order valence-corrected chi connectivity index (χ1v) is 8.23. The maximum Gasteiger partial charge on any atom is 0.254 e. The number of halogens is 2. The van der Waals surface area contributed by atoms with Gasteiger partial charge in [-0.05, 0) is 54.8 Å². The van der Waals surface area contributed by atoms with Crippen molar-refractivity contribution in [2.45, 2.75) is 19.4 Å². The summed E-state index contributed by atoms with van der Waals surface area (Å²) in [5, 5.41) is 0. The smallest absolute Gasteiger partial charge is 0.254 e. The molecule has 0 radical (unpaired) electrons. The second-order valence-electron chi connectivity index (χ2n) is 6.25. The van der Waals surface area contributed by atoms with Gasteiger partial charge in [0.25, 0.3) is 5.91 Å². The highest BCUT2D eigenvalue weighted by molar-refractivity contribution is 5.94. The van der Waals surface area contributed by atoms with E-state index in [1.54, 1.807) is 4.90 Å². The molecule has 2 heterocycles. The van der Waals surface area contributed by atoms with E-state index in [1.165, 1.54) is 6.07 Å².